The fourth-order valence-electron chi connectivity index (χ4n) is 7.14. The van der Waals surface area contributed by atoms with E-state index in [1.807, 2.05) is 0 Å². The van der Waals surface area contributed by atoms with Crippen LogP contribution in [0.25, 0.3) is 44.2 Å². The number of para-hydroxylation sites is 1. The van der Waals surface area contributed by atoms with Crippen molar-refractivity contribution >= 4 is 27.8 Å². The first kappa shape index (κ1) is 28.1. The van der Waals surface area contributed by atoms with Gasteiger partial charge in [0.05, 0.1) is 5.69 Å². The summed E-state index contributed by atoms with van der Waals surface area (Å²) in [5.74, 6) is 1.15. The Labute approximate surface area is 281 Å². The number of allylic oxidation sites excluding steroid dienone is 2. The van der Waals surface area contributed by atoms with Crippen molar-refractivity contribution in [2.24, 2.45) is 0 Å². The minimum absolute atomic E-state index is 0.0161. The van der Waals surface area contributed by atoms with E-state index in [9.17, 15) is 0 Å². The zero-order chi connectivity index (χ0) is 31.9. The van der Waals surface area contributed by atoms with E-state index in [2.05, 4.69) is 193 Å². The van der Waals surface area contributed by atoms with Crippen LogP contribution in [0.3, 0.4) is 0 Å². The standard InChI is InChI=1S/C46H33NO/c1-3-11-32(12-4-1)34-19-21-35(22-20-34)36-25-27-40(28-26-36)47(39-15-5-2-6-16-39)44-31-46-43(41-17-9-10-18-45(41)48-46)30-42(44)38-24-23-33-13-7-8-14-37(33)29-38/h1-31,41,45H. The van der Waals surface area contributed by atoms with E-state index in [4.69, 9.17) is 4.74 Å². The number of hydrogen-bond donors (Lipinski definition) is 0. The molecule has 2 nitrogen and oxygen atoms in total. The summed E-state index contributed by atoms with van der Waals surface area (Å²) in [6, 6.07) is 58.9. The Morgan fingerprint density at radius 3 is 1.73 bits per heavy atom. The number of nitrogens with zero attached hydrogens (tertiary/aromatic N) is 1. The molecule has 0 saturated heterocycles. The summed E-state index contributed by atoms with van der Waals surface area (Å²) in [5.41, 5.74) is 11.7. The van der Waals surface area contributed by atoms with Gasteiger partial charge in [0.25, 0.3) is 0 Å². The Bertz CT molecular complexity index is 2300. The third-order valence-corrected chi connectivity index (χ3v) is 9.60. The fraction of sp³-hybridized carbons (Fsp3) is 0.0435. The Hall–Kier alpha value is -6.12. The van der Waals surface area contributed by atoms with Crippen molar-refractivity contribution in [2.45, 2.75) is 12.0 Å². The van der Waals surface area contributed by atoms with Crippen LogP contribution in [-0.4, -0.2) is 6.10 Å². The third kappa shape index (κ3) is 5.09. The van der Waals surface area contributed by atoms with E-state index >= 15 is 0 Å². The summed E-state index contributed by atoms with van der Waals surface area (Å²) < 4.78 is 6.59. The highest BCUT2D eigenvalue weighted by Gasteiger charge is 2.34. The molecular weight excluding hydrogens is 583 g/mol. The molecule has 7 aromatic carbocycles. The van der Waals surface area contributed by atoms with E-state index in [1.165, 1.54) is 49.7 Å². The van der Waals surface area contributed by atoms with E-state index in [0.717, 1.165) is 22.8 Å². The number of rotatable bonds is 6. The van der Waals surface area contributed by atoms with Crippen molar-refractivity contribution in [3.05, 3.63) is 194 Å². The second-order valence-electron chi connectivity index (χ2n) is 12.5. The molecule has 2 aliphatic rings. The van der Waals surface area contributed by atoms with Crippen molar-refractivity contribution in [2.75, 3.05) is 4.90 Å². The van der Waals surface area contributed by atoms with Crippen LogP contribution in [0.15, 0.2) is 188 Å². The molecule has 0 amide bonds. The van der Waals surface area contributed by atoms with E-state index in [0.29, 0.717) is 0 Å². The maximum absolute atomic E-state index is 6.59. The molecule has 9 rings (SSSR count). The van der Waals surface area contributed by atoms with Gasteiger partial charge in [-0.05, 0) is 81.1 Å². The number of hydrogen-bond acceptors (Lipinski definition) is 2. The molecule has 1 heterocycles. The molecular formula is C46H33NO. The van der Waals surface area contributed by atoms with Crippen LogP contribution in [0.2, 0.25) is 0 Å². The molecule has 228 valence electrons. The molecule has 0 radical (unpaired) electrons. The lowest BCUT2D eigenvalue weighted by atomic mass is 9.88. The predicted molar refractivity (Wildman–Crippen MR) is 200 cm³/mol. The first-order valence-electron chi connectivity index (χ1n) is 16.6. The summed E-state index contributed by atoms with van der Waals surface area (Å²) in [6.07, 6.45) is 8.67. The maximum Gasteiger partial charge on any atom is 0.128 e. The second kappa shape index (κ2) is 11.9. The average Bonchev–Trinajstić information content (AvgIpc) is 3.53. The van der Waals surface area contributed by atoms with Crippen molar-refractivity contribution in [1.29, 1.82) is 0 Å². The maximum atomic E-state index is 6.59. The van der Waals surface area contributed by atoms with Gasteiger partial charge in [-0.1, -0.05) is 140 Å². The normalized spacial score (nSPS) is 15.9. The zero-order valence-electron chi connectivity index (χ0n) is 26.4. The van der Waals surface area contributed by atoms with Gasteiger partial charge < -0.3 is 9.64 Å². The molecule has 0 fully saturated rings. The van der Waals surface area contributed by atoms with Crippen molar-refractivity contribution < 1.29 is 4.74 Å². The van der Waals surface area contributed by atoms with E-state index in [-0.39, 0.29) is 12.0 Å². The molecule has 48 heavy (non-hydrogen) atoms. The zero-order valence-corrected chi connectivity index (χ0v) is 26.4. The smallest absolute Gasteiger partial charge is 0.128 e. The molecule has 0 bridgehead atoms. The molecule has 0 aromatic heterocycles. The minimum atomic E-state index is 0.0161. The Kier molecular flexibility index (Phi) is 6.98. The summed E-state index contributed by atoms with van der Waals surface area (Å²) >= 11 is 0. The molecule has 0 saturated carbocycles. The molecule has 2 unspecified atom stereocenters. The van der Waals surface area contributed by atoms with Crippen LogP contribution < -0.4 is 9.64 Å². The predicted octanol–water partition coefficient (Wildman–Crippen LogP) is 12.3. The quantitative estimate of drug-likeness (QED) is 0.185. The fourth-order valence-corrected chi connectivity index (χ4v) is 7.14. The molecule has 0 N–H and O–H groups in total. The first-order chi connectivity index (χ1) is 23.8. The number of ether oxygens (including phenoxy) is 1. The van der Waals surface area contributed by atoms with Crippen molar-refractivity contribution in [3.8, 4) is 39.1 Å². The molecule has 1 aliphatic carbocycles. The third-order valence-electron chi connectivity index (χ3n) is 9.60. The summed E-state index contributed by atoms with van der Waals surface area (Å²) in [4.78, 5) is 2.37. The van der Waals surface area contributed by atoms with Gasteiger partial charge in [-0.2, -0.15) is 0 Å². The van der Waals surface area contributed by atoms with Gasteiger partial charge in [-0.15, -0.1) is 0 Å². The van der Waals surface area contributed by atoms with E-state index < -0.39 is 0 Å². The van der Waals surface area contributed by atoms with E-state index in [1.54, 1.807) is 0 Å². The molecule has 1 aliphatic heterocycles. The number of anilines is 3. The van der Waals surface area contributed by atoms with Crippen LogP contribution in [0, 0.1) is 0 Å². The van der Waals surface area contributed by atoms with Gasteiger partial charge >= 0.3 is 0 Å². The highest BCUT2D eigenvalue weighted by Crippen LogP contribution is 2.50. The number of benzene rings is 7. The Morgan fingerprint density at radius 1 is 0.438 bits per heavy atom. The lowest BCUT2D eigenvalue weighted by Crippen LogP contribution is -2.15. The Balaban J connectivity index is 1.17. The average molecular weight is 616 g/mol. The molecule has 2 atom stereocenters. The molecule has 2 heteroatoms. The SMILES string of the molecule is C1=CC2Oc3cc(N(c4ccccc4)c4ccc(-c5ccc(-c6ccccc6)cc5)cc4)c(-c4ccc5ccccc5c4)cc3C2C=C1. The van der Waals surface area contributed by atoms with Crippen LogP contribution in [0.1, 0.15) is 11.5 Å². The van der Waals surface area contributed by atoms with Crippen molar-refractivity contribution in [1.82, 2.24) is 0 Å². The second-order valence-corrected chi connectivity index (χ2v) is 12.5. The van der Waals surface area contributed by atoms with Crippen LogP contribution >= 0.6 is 0 Å². The van der Waals surface area contributed by atoms with Crippen LogP contribution in [0.4, 0.5) is 17.1 Å². The molecule has 0 spiro atoms. The summed E-state index contributed by atoms with van der Waals surface area (Å²) in [5, 5.41) is 2.46. The summed E-state index contributed by atoms with van der Waals surface area (Å²) in [7, 11) is 0. The van der Waals surface area contributed by atoms with Gasteiger partial charge in [0.1, 0.15) is 11.9 Å². The lowest BCUT2D eigenvalue weighted by molar-refractivity contribution is 0.269. The monoisotopic (exact) mass is 615 g/mol. The van der Waals surface area contributed by atoms with Gasteiger partial charge in [0.15, 0.2) is 0 Å². The largest absolute Gasteiger partial charge is 0.485 e. The van der Waals surface area contributed by atoms with Crippen LogP contribution in [0.5, 0.6) is 5.75 Å². The minimum Gasteiger partial charge on any atom is -0.485 e. The van der Waals surface area contributed by atoms with Gasteiger partial charge in [0, 0.05) is 34.5 Å². The van der Waals surface area contributed by atoms with Gasteiger partial charge in [-0.25, -0.2) is 0 Å². The summed E-state index contributed by atoms with van der Waals surface area (Å²) in [6.45, 7) is 0. The van der Waals surface area contributed by atoms with Crippen LogP contribution in [-0.2, 0) is 0 Å². The van der Waals surface area contributed by atoms with Crippen molar-refractivity contribution in [3.63, 3.8) is 0 Å². The Morgan fingerprint density at radius 2 is 1.00 bits per heavy atom. The lowest BCUT2D eigenvalue weighted by Gasteiger charge is -2.29. The number of fused-ring (bicyclic) bond motifs is 4. The first-order valence-corrected chi connectivity index (χ1v) is 16.6. The molecule has 7 aromatic rings. The van der Waals surface area contributed by atoms with Gasteiger partial charge in [-0.3, -0.25) is 0 Å². The highest BCUT2D eigenvalue weighted by atomic mass is 16.5. The van der Waals surface area contributed by atoms with Gasteiger partial charge in [0.2, 0.25) is 0 Å². The topological polar surface area (TPSA) is 12.5 Å². The highest BCUT2D eigenvalue weighted by molar-refractivity contribution is 5.94.